The number of thioether (sulfide) groups is 1. The summed E-state index contributed by atoms with van der Waals surface area (Å²) in [6, 6.07) is 7.26. The number of aryl methyl sites for hydroxylation is 2. The van der Waals surface area contributed by atoms with Crippen LogP contribution >= 0.6 is 24.0 Å². The average Bonchev–Trinajstić information content (AvgIpc) is 3.60. The quantitative estimate of drug-likeness (QED) is 0.220. The highest BCUT2D eigenvalue weighted by Gasteiger charge is 2.33. The van der Waals surface area contributed by atoms with Crippen LogP contribution in [0.5, 0.6) is 0 Å². The Labute approximate surface area is 210 Å². The van der Waals surface area contributed by atoms with Crippen LogP contribution in [0.3, 0.4) is 0 Å². The average molecular weight is 507 g/mol. The van der Waals surface area contributed by atoms with Crippen LogP contribution < -0.4 is 10.9 Å². The molecular formula is C24H22N6O3S2. The molecule has 1 amide bonds. The standard InChI is InChI=1S/C24H22N6O3S2/c1-16-5-2-10-29-21(16)27-20(26-7-4-9-28-11-8-25-15-28)18(22(29)31)13-19-23(32)30(24(34)35-19)14-17-6-3-12-33-17/h2-3,5-6,8,10-13,15,26H,4,7,9,14H2,1H3/b19-13-. The number of anilines is 1. The summed E-state index contributed by atoms with van der Waals surface area (Å²) < 4.78 is 9.27. The first-order valence-corrected chi connectivity index (χ1v) is 12.2. The fraction of sp³-hybridized carbons (Fsp3) is 0.208. The minimum Gasteiger partial charge on any atom is -0.467 e. The van der Waals surface area contributed by atoms with E-state index in [2.05, 4.69) is 10.3 Å². The highest BCUT2D eigenvalue weighted by molar-refractivity contribution is 8.26. The first kappa shape index (κ1) is 23.1. The van der Waals surface area contributed by atoms with Gasteiger partial charge in [-0.25, -0.2) is 9.97 Å². The molecule has 4 aromatic rings. The molecule has 0 aromatic carbocycles. The molecule has 1 aliphatic rings. The lowest BCUT2D eigenvalue weighted by Gasteiger charge is -2.13. The molecule has 0 aliphatic carbocycles. The van der Waals surface area contributed by atoms with E-state index in [-0.39, 0.29) is 18.0 Å². The molecule has 0 spiro atoms. The number of furan rings is 1. The van der Waals surface area contributed by atoms with Crippen molar-refractivity contribution >= 4 is 51.7 Å². The van der Waals surface area contributed by atoms with Gasteiger partial charge in [-0.1, -0.05) is 30.0 Å². The van der Waals surface area contributed by atoms with Crippen molar-refractivity contribution in [3.05, 3.63) is 87.6 Å². The van der Waals surface area contributed by atoms with Crippen LogP contribution in [0.15, 0.2) is 69.6 Å². The van der Waals surface area contributed by atoms with Crippen LogP contribution in [0.2, 0.25) is 0 Å². The van der Waals surface area contributed by atoms with Gasteiger partial charge < -0.3 is 14.3 Å². The van der Waals surface area contributed by atoms with Crippen LogP contribution in [0.1, 0.15) is 23.3 Å². The number of pyridine rings is 1. The molecule has 0 atom stereocenters. The molecule has 5 rings (SSSR count). The maximum Gasteiger partial charge on any atom is 0.267 e. The van der Waals surface area contributed by atoms with Crippen molar-refractivity contribution in [2.24, 2.45) is 0 Å². The van der Waals surface area contributed by atoms with Crippen molar-refractivity contribution in [1.29, 1.82) is 0 Å². The topological polar surface area (TPSA) is 97.7 Å². The minimum atomic E-state index is -0.267. The number of carbonyl (C=O) groups excluding carboxylic acids is 1. The van der Waals surface area contributed by atoms with E-state index in [0.29, 0.717) is 38.6 Å². The van der Waals surface area contributed by atoms with Crippen LogP contribution in [0, 0.1) is 6.92 Å². The Morgan fingerprint density at radius 2 is 2.11 bits per heavy atom. The van der Waals surface area contributed by atoms with E-state index in [4.69, 9.17) is 21.6 Å². The molecule has 0 bridgehead atoms. The van der Waals surface area contributed by atoms with Crippen molar-refractivity contribution in [2.45, 2.75) is 26.4 Å². The second kappa shape index (κ2) is 9.88. The number of nitrogens with one attached hydrogen (secondary N) is 1. The summed E-state index contributed by atoms with van der Waals surface area (Å²) in [5.74, 6) is 0.799. The van der Waals surface area contributed by atoms with Crippen LogP contribution in [0.4, 0.5) is 5.82 Å². The lowest BCUT2D eigenvalue weighted by atomic mass is 10.2. The zero-order valence-electron chi connectivity index (χ0n) is 18.9. The van der Waals surface area contributed by atoms with E-state index in [1.165, 1.54) is 9.30 Å². The van der Waals surface area contributed by atoms with Gasteiger partial charge in [-0.05, 0) is 43.2 Å². The number of carbonyl (C=O) groups is 1. The third-order valence-electron chi connectivity index (χ3n) is 5.57. The van der Waals surface area contributed by atoms with Crippen LogP contribution in [0.25, 0.3) is 11.7 Å². The number of hydrogen-bond donors (Lipinski definition) is 1. The fourth-order valence-corrected chi connectivity index (χ4v) is 5.03. The smallest absolute Gasteiger partial charge is 0.267 e. The molecule has 178 valence electrons. The van der Waals surface area contributed by atoms with E-state index in [1.807, 2.05) is 23.8 Å². The Morgan fingerprint density at radius 3 is 2.89 bits per heavy atom. The number of imidazole rings is 1. The highest BCUT2D eigenvalue weighted by Crippen LogP contribution is 2.34. The lowest BCUT2D eigenvalue weighted by Crippen LogP contribution is -2.27. The molecule has 1 fully saturated rings. The van der Waals surface area contributed by atoms with Crippen molar-refractivity contribution in [3.63, 3.8) is 0 Å². The van der Waals surface area contributed by atoms with E-state index in [1.54, 1.807) is 49.3 Å². The van der Waals surface area contributed by atoms with Gasteiger partial charge in [0.05, 0.1) is 29.6 Å². The SMILES string of the molecule is Cc1cccn2c(=O)c(/C=C3\SC(=S)N(Cc4ccco4)C3=O)c(NCCCn3ccnc3)nc12. The molecule has 5 heterocycles. The van der Waals surface area contributed by atoms with Gasteiger partial charge in [0.2, 0.25) is 0 Å². The van der Waals surface area contributed by atoms with Crippen molar-refractivity contribution in [3.8, 4) is 0 Å². The number of amides is 1. The number of nitrogens with zero attached hydrogens (tertiary/aromatic N) is 5. The number of thiocarbonyl (C=S) groups is 1. The maximum atomic E-state index is 13.5. The van der Waals surface area contributed by atoms with Crippen molar-refractivity contribution in [2.75, 3.05) is 11.9 Å². The zero-order valence-corrected chi connectivity index (χ0v) is 20.5. The summed E-state index contributed by atoms with van der Waals surface area (Å²) >= 11 is 6.60. The molecule has 0 radical (unpaired) electrons. The third-order valence-corrected chi connectivity index (χ3v) is 6.95. The Morgan fingerprint density at radius 1 is 1.23 bits per heavy atom. The van der Waals surface area contributed by atoms with Gasteiger partial charge in [0.25, 0.3) is 11.5 Å². The van der Waals surface area contributed by atoms with Gasteiger partial charge in [0.15, 0.2) is 0 Å². The molecule has 4 aromatic heterocycles. The molecule has 1 N–H and O–H groups in total. The molecule has 35 heavy (non-hydrogen) atoms. The lowest BCUT2D eigenvalue weighted by molar-refractivity contribution is -0.122. The zero-order chi connectivity index (χ0) is 24.4. The van der Waals surface area contributed by atoms with Gasteiger partial charge in [-0.2, -0.15) is 0 Å². The van der Waals surface area contributed by atoms with E-state index in [9.17, 15) is 9.59 Å². The Kier molecular flexibility index (Phi) is 6.51. The fourth-order valence-electron chi connectivity index (χ4n) is 3.79. The number of rotatable bonds is 8. The number of hydrogen-bond acceptors (Lipinski definition) is 8. The molecule has 1 aliphatic heterocycles. The summed E-state index contributed by atoms with van der Waals surface area (Å²) in [7, 11) is 0. The van der Waals surface area contributed by atoms with E-state index in [0.717, 1.165) is 30.3 Å². The molecule has 1 saturated heterocycles. The van der Waals surface area contributed by atoms with Crippen LogP contribution in [-0.2, 0) is 17.9 Å². The molecule has 0 unspecified atom stereocenters. The Balaban J connectivity index is 1.46. The summed E-state index contributed by atoms with van der Waals surface area (Å²) in [6.07, 6.45) is 11.0. The normalized spacial score (nSPS) is 15.0. The number of fused-ring (bicyclic) bond motifs is 1. The van der Waals surface area contributed by atoms with Crippen molar-refractivity contribution < 1.29 is 9.21 Å². The summed E-state index contributed by atoms with van der Waals surface area (Å²) in [5.41, 5.74) is 1.50. The van der Waals surface area contributed by atoms with E-state index >= 15 is 0 Å². The van der Waals surface area contributed by atoms with Gasteiger partial charge in [0.1, 0.15) is 21.5 Å². The summed E-state index contributed by atoms with van der Waals surface area (Å²) in [4.78, 5) is 37.2. The second-order valence-electron chi connectivity index (χ2n) is 7.99. The Hall–Kier alpha value is -3.70. The van der Waals surface area contributed by atoms with Gasteiger partial charge >= 0.3 is 0 Å². The van der Waals surface area contributed by atoms with Gasteiger partial charge in [-0.3, -0.25) is 18.9 Å². The van der Waals surface area contributed by atoms with Gasteiger partial charge in [-0.15, -0.1) is 0 Å². The van der Waals surface area contributed by atoms with Gasteiger partial charge in [0, 0.05) is 31.7 Å². The largest absolute Gasteiger partial charge is 0.467 e. The first-order chi connectivity index (χ1) is 17.0. The molecule has 0 saturated carbocycles. The van der Waals surface area contributed by atoms with E-state index < -0.39 is 0 Å². The van der Waals surface area contributed by atoms with Crippen molar-refractivity contribution in [1.82, 2.24) is 23.8 Å². The summed E-state index contributed by atoms with van der Waals surface area (Å²) in [6.45, 7) is 3.51. The number of aromatic nitrogens is 4. The monoisotopic (exact) mass is 506 g/mol. The third kappa shape index (κ3) is 4.77. The maximum absolute atomic E-state index is 13.5. The highest BCUT2D eigenvalue weighted by atomic mass is 32.2. The first-order valence-electron chi connectivity index (χ1n) is 11.0. The predicted molar refractivity (Wildman–Crippen MR) is 139 cm³/mol. The summed E-state index contributed by atoms with van der Waals surface area (Å²) in [5, 5.41) is 3.30. The molecule has 9 nitrogen and oxygen atoms in total. The second-order valence-corrected chi connectivity index (χ2v) is 9.67. The van der Waals surface area contributed by atoms with Crippen LogP contribution in [-0.4, -0.2) is 40.6 Å². The molecular weight excluding hydrogens is 484 g/mol. The minimum absolute atomic E-state index is 0.239. The Bertz CT molecular complexity index is 1480. The molecule has 11 heteroatoms. The predicted octanol–water partition coefficient (Wildman–Crippen LogP) is 3.70.